The van der Waals surface area contributed by atoms with Crippen molar-refractivity contribution in [3.8, 4) is 5.75 Å². The lowest BCUT2D eigenvalue weighted by molar-refractivity contribution is 0.288. The van der Waals surface area contributed by atoms with Crippen molar-refractivity contribution in [2.75, 3.05) is 6.61 Å². The SMILES string of the molecule is CC(C)(c1ccccc1)C(N)c1ccc2c(c1)CCCO2. The van der Waals surface area contributed by atoms with Gasteiger partial charge in [0.2, 0.25) is 0 Å². The van der Waals surface area contributed by atoms with E-state index in [9.17, 15) is 0 Å². The van der Waals surface area contributed by atoms with Gasteiger partial charge in [-0.2, -0.15) is 0 Å². The molecule has 0 bridgehead atoms. The average molecular weight is 281 g/mol. The molecule has 2 nitrogen and oxygen atoms in total. The first-order chi connectivity index (χ1) is 10.1. The summed E-state index contributed by atoms with van der Waals surface area (Å²) in [7, 11) is 0. The minimum atomic E-state index is -0.106. The smallest absolute Gasteiger partial charge is 0.122 e. The fraction of sp³-hybridized carbons (Fsp3) is 0.368. The summed E-state index contributed by atoms with van der Waals surface area (Å²) in [5, 5.41) is 0. The van der Waals surface area contributed by atoms with Crippen LogP contribution in [0.25, 0.3) is 0 Å². The molecule has 1 aliphatic rings. The highest BCUT2D eigenvalue weighted by atomic mass is 16.5. The van der Waals surface area contributed by atoms with Gasteiger partial charge in [0.05, 0.1) is 6.61 Å². The van der Waals surface area contributed by atoms with Gasteiger partial charge in [0.1, 0.15) is 5.75 Å². The van der Waals surface area contributed by atoms with Crippen molar-refractivity contribution in [3.63, 3.8) is 0 Å². The highest BCUT2D eigenvalue weighted by Crippen LogP contribution is 2.37. The Bertz CT molecular complexity index is 619. The molecule has 0 aliphatic carbocycles. The highest BCUT2D eigenvalue weighted by Gasteiger charge is 2.30. The summed E-state index contributed by atoms with van der Waals surface area (Å²) in [5.41, 5.74) is 10.2. The summed E-state index contributed by atoms with van der Waals surface area (Å²) in [6, 6.07) is 16.9. The first kappa shape index (κ1) is 14.2. The largest absolute Gasteiger partial charge is 0.493 e. The van der Waals surface area contributed by atoms with E-state index in [0.29, 0.717) is 0 Å². The second kappa shape index (κ2) is 5.53. The Kier molecular flexibility index (Phi) is 3.73. The molecule has 0 saturated carbocycles. The van der Waals surface area contributed by atoms with E-state index in [-0.39, 0.29) is 11.5 Å². The Morgan fingerprint density at radius 3 is 2.62 bits per heavy atom. The number of fused-ring (bicyclic) bond motifs is 1. The highest BCUT2D eigenvalue weighted by molar-refractivity contribution is 5.41. The lowest BCUT2D eigenvalue weighted by Crippen LogP contribution is -2.33. The number of hydrogen-bond acceptors (Lipinski definition) is 2. The van der Waals surface area contributed by atoms with Crippen molar-refractivity contribution < 1.29 is 4.74 Å². The fourth-order valence-corrected chi connectivity index (χ4v) is 3.04. The van der Waals surface area contributed by atoms with Gasteiger partial charge >= 0.3 is 0 Å². The fourth-order valence-electron chi connectivity index (χ4n) is 3.04. The Morgan fingerprint density at radius 2 is 1.86 bits per heavy atom. The second-order valence-electron chi connectivity index (χ2n) is 6.38. The van der Waals surface area contributed by atoms with Crippen LogP contribution in [0.4, 0.5) is 0 Å². The summed E-state index contributed by atoms with van der Waals surface area (Å²) in [5.74, 6) is 1.02. The molecule has 1 aliphatic heterocycles. The van der Waals surface area contributed by atoms with E-state index in [2.05, 4.69) is 56.3 Å². The Labute approximate surface area is 126 Å². The maximum atomic E-state index is 6.60. The zero-order valence-electron chi connectivity index (χ0n) is 12.8. The van der Waals surface area contributed by atoms with Gasteiger partial charge in [-0.3, -0.25) is 0 Å². The van der Waals surface area contributed by atoms with Crippen molar-refractivity contribution in [2.24, 2.45) is 5.73 Å². The van der Waals surface area contributed by atoms with Crippen molar-refractivity contribution in [3.05, 3.63) is 65.2 Å². The number of aryl methyl sites for hydroxylation is 1. The van der Waals surface area contributed by atoms with Crippen LogP contribution in [0.1, 0.15) is 43.0 Å². The summed E-state index contributed by atoms with van der Waals surface area (Å²) in [6.45, 7) is 5.25. The predicted octanol–water partition coefficient (Wildman–Crippen LogP) is 3.99. The molecular weight excluding hydrogens is 258 g/mol. The lowest BCUT2D eigenvalue weighted by Gasteiger charge is -2.33. The van der Waals surface area contributed by atoms with Gasteiger partial charge in [0.25, 0.3) is 0 Å². The monoisotopic (exact) mass is 281 g/mol. The van der Waals surface area contributed by atoms with Gasteiger partial charge in [0.15, 0.2) is 0 Å². The molecule has 2 aromatic carbocycles. The van der Waals surface area contributed by atoms with E-state index in [1.165, 1.54) is 16.7 Å². The number of benzene rings is 2. The standard InChI is InChI=1S/C19H23NO/c1-19(2,16-8-4-3-5-9-16)18(20)15-10-11-17-14(13-15)7-6-12-21-17/h3-5,8-11,13,18H,6-7,12,20H2,1-2H3. The molecule has 2 N–H and O–H groups in total. The maximum Gasteiger partial charge on any atom is 0.122 e. The second-order valence-corrected chi connectivity index (χ2v) is 6.38. The van der Waals surface area contributed by atoms with Crippen molar-refractivity contribution >= 4 is 0 Å². The van der Waals surface area contributed by atoms with Gasteiger partial charge in [-0.15, -0.1) is 0 Å². The van der Waals surface area contributed by atoms with Crippen LogP contribution in [0.3, 0.4) is 0 Å². The molecule has 0 radical (unpaired) electrons. The normalized spacial score (nSPS) is 16.0. The van der Waals surface area contributed by atoms with Crippen LogP contribution in [-0.2, 0) is 11.8 Å². The number of hydrogen-bond donors (Lipinski definition) is 1. The van der Waals surface area contributed by atoms with E-state index in [4.69, 9.17) is 10.5 Å². The van der Waals surface area contributed by atoms with Crippen LogP contribution in [-0.4, -0.2) is 6.61 Å². The van der Waals surface area contributed by atoms with Gasteiger partial charge in [-0.05, 0) is 35.6 Å². The molecule has 0 amide bonds. The minimum Gasteiger partial charge on any atom is -0.493 e. The van der Waals surface area contributed by atoms with Crippen LogP contribution in [0, 0.1) is 0 Å². The van der Waals surface area contributed by atoms with Crippen LogP contribution >= 0.6 is 0 Å². The molecule has 1 atom stereocenters. The Hall–Kier alpha value is -1.80. The average Bonchev–Trinajstić information content (AvgIpc) is 2.54. The first-order valence-electron chi connectivity index (χ1n) is 7.66. The molecule has 2 aromatic rings. The maximum absolute atomic E-state index is 6.60. The van der Waals surface area contributed by atoms with E-state index in [1.807, 2.05) is 6.07 Å². The van der Waals surface area contributed by atoms with Crippen molar-refractivity contribution in [1.82, 2.24) is 0 Å². The molecule has 110 valence electrons. The quantitative estimate of drug-likeness (QED) is 0.923. The molecule has 0 aromatic heterocycles. The van der Waals surface area contributed by atoms with E-state index < -0.39 is 0 Å². The molecule has 0 saturated heterocycles. The topological polar surface area (TPSA) is 35.2 Å². The molecule has 2 heteroatoms. The molecule has 1 heterocycles. The van der Waals surface area contributed by atoms with E-state index in [1.54, 1.807) is 0 Å². The summed E-state index contributed by atoms with van der Waals surface area (Å²) >= 11 is 0. The third kappa shape index (κ3) is 2.68. The third-order valence-electron chi connectivity index (χ3n) is 4.59. The summed E-state index contributed by atoms with van der Waals surface area (Å²) in [4.78, 5) is 0. The van der Waals surface area contributed by atoms with Gasteiger partial charge < -0.3 is 10.5 Å². The molecule has 0 spiro atoms. The van der Waals surface area contributed by atoms with Gasteiger partial charge in [-0.25, -0.2) is 0 Å². The van der Waals surface area contributed by atoms with Crippen molar-refractivity contribution in [1.29, 1.82) is 0 Å². The van der Waals surface area contributed by atoms with E-state index >= 15 is 0 Å². The predicted molar refractivity (Wildman–Crippen MR) is 86.7 cm³/mol. The molecule has 3 rings (SSSR count). The molecule has 21 heavy (non-hydrogen) atoms. The zero-order valence-corrected chi connectivity index (χ0v) is 12.8. The molecular formula is C19H23NO. The van der Waals surface area contributed by atoms with Crippen LogP contribution in [0.15, 0.2) is 48.5 Å². The number of ether oxygens (including phenoxy) is 1. The molecule has 0 fully saturated rings. The van der Waals surface area contributed by atoms with Gasteiger partial charge in [-0.1, -0.05) is 56.3 Å². The van der Waals surface area contributed by atoms with Gasteiger partial charge in [0, 0.05) is 11.5 Å². The minimum absolute atomic E-state index is 0.0351. The number of nitrogens with two attached hydrogens (primary N) is 1. The van der Waals surface area contributed by atoms with Crippen molar-refractivity contribution in [2.45, 2.75) is 38.1 Å². The van der Waals surface area contributed by atoms with Crippen LogP contribution in [0.2, 0.25) is 0 Å². The first-order valence-corrected chi connectivity index (χ1v) is 7.66. The Balaban J connectivity index is 1.92. The summed E-state index contributed by atoms with van der Waals surface area (Å²) in [6.07, 6.45) is 2.18. The van der Waals surface area contributed by atoms with Crippen LogP contribution < -0.4 is 10.5 Å². The Morgan fingerprint density at radius 1 is 1.10 bits per heavy atom. The third-order valence-corrected chi connectivity index (χ3v) is 4.59. The zero-order chi connectivity index (χ0) is 14.9. The number of rotatable bonds is 3. The summed E-state index contributed by atoms with van der Waals surface area (Å²) < 4.78 is 5.69. The van der Waals surface area contributed by atoms with Crippen LogP contribution in [0.5, 0.6) is 5.75 Å². The lowest BCUT2D eigenvalue weighted by atomic mass is 9.75. The molecule has 1 unspecified atom stereocenters. The van der Waals surface area contributed by atoms with E-state index in [0.717, 1.165) is 25.2 Å².